The Morgan fingerprint density at radius 1 is 1.46 bits per heavy atom. The van der Waals surface area contributed by atoms with Gasteiger partial charge in [0.2, 0.25) is 10.0 Å². The SMILES string of the molecule is CCS(=O)(=O)NCC1CCCC1O. The first-order valence-electron chi connectivity index (χ1n) is 4.70. The van der Waals surface area contributed by atoms with Crippen LogP contribution in [0.5, 0.6) is 0 Å². The number of sulfonamides is 1. The Kier molecular flexibility index (Phi) is 3.70. The molecule has 0 radical (unpaired) electrons. The average molecular weight is 207 g/mol. The number of rotatable bonds is 4. The molecule has 1 saturated carbocycles. The number of aliphatic hydroxyl groups is 1. The maximum absolute atomic E-state index is 11.1. The molecule has 5 heteroatoms. The third-order valence-corrected chi connectivity index (χ3v) is 3.93. The molecule has 0 spiro atoms. The lowest BCUT2D eigenvalue weighted by atomic mass is 10.1. The highest BCUT2D eigenvalue weighted by Gasteiger charge is 2.25. The van der Waals surface area contributed by atoms with Gasteiger partial charge in [-0.15, -0.1) is 0 Å². The van der Waals surface area contributed by atoms with Crippen LogP contribution in [0.25, 0.3) is 0 Å². The van der Waals surface area contributed by atoms with Crippen molar-refractivity contribution in [3.63, 3.8) is 0 Å². The van der Waals surface area contributed by atoms with Gasteiger partial charge in [0.15, 0.2) is 0 Å². The van der Waals surface area contributed by atoms with Crippen molar-refractivity contribution in [3.8, 4) is 0 Å². The van der Waals surface area contributed by atoms with Gasteiger partial charge in [-0.1, -0.05) is 6.42 Å². The van der Waals surface area contributed by atoms with E-state index in [9.17, 15) is 13.5 Å². The topological polar surface area (TPSA) is 66.4 Å². The van der Waals surface area contributed by atoms with Crippen LogP contribution in [0.15, 0.2) is 0 Å². The van der Waals surface area contributed by atoms with Crippen molar-refractivity contribution in [2.24, 2.45) is 5.92 Å². The highest BCUT2D eigenvalue weighted by Crippen LogP contribution is 2.24. The predicted molar refractivity (Wildman–Crippen MR) is 50.8 cm³/mol. The van der Waals surface area contributed by atoms with Gasteiger partial charge >= 0.3 is 0 Å². The molecule has 0 bridgehead atoms. The van der Waals surface area contributed by atoms with E-state index in [1.807, 2.05) is 0 Å². The zero-order valence-electron chi connectivity index (χ0n) is 7.86. The second-order valence-electron chi connectivity index (χ2n) is 3.51. The van der Waals surface area contributed by atoms with Crippen molar-refractivity contribution in [1.29, 1.82) is 0 Å². The minimum atomic E-state index is -3.09. The second kappa shape index (κ2) is 4.39. The lowest BCUT2D eigenvalue weighted by molar-refractivity contribution is 0.134. The molecule has 4 nitrogen and oxygen atoms in total. The molecule has 2 unspecified atom stereocenters. The van der Waals surface area contributed by atoms with Crippen LogP contribution in [-0.2, 0) is 10.0 Å². The van der Waals surface area contributed by atoms with Gasteiger partial charge in [-0.2, -0.15) is 0 Å². The summed E-state index contributed by atoms with van der Waals surface area (Å²) in [6.07, 6.45) is 2.41. The largest absolute Gasteiger partial charge is 0.393 e. The molecule has 2 atom stereocenters. The van der Waals surface area contributed by atoms with Gasteiger partial charge in [0, 0.05) is 6.54 Å². The van der Waals surface area contributed by atoms with Crippen LogP contribution >= 0.6 is 0 Å². The molecule has 1 fully saturated rings. The van der Waals surface area contributed by atoms with Gasteiger partial charge in [-0.3, -0.25) is 0 Å². The van der Waals surface area contributed by atoms with Gasteiger partial charge in [-0.05, 0) is 25.7 Å². The lowest BCUT2D eigenvalue weighted by Gasteiger charge is -2.14. The predicted octanol–water partition coefficient (Wildman–Crippen LogP) is 0.0867. The zero-order valence-corrected chi connectivity index (χ0v) is 8.68. The van der Waals surface area contributed by atoms with Crippen LogP contribution in [0.2, 0.25) is 0 Å². The summed E-state index contributed by atoms with van der Waals surface area (Å²) in [7, 11) is -3.09. The van der Waals surface area contributed by atoms with Crippen molar-refractivity contribution < 1.29 is 13.5 Å². The van der Waals surface area contributed by atoms with E-state index in [0.717, 1.165) is 19.3 Å². The Hall–Kier alpha value is -0.130. The third-order valence-electron chi connectivity index (χ3n) is 2.56. The summed E-state index contributed by atoms with van der Waals surface area (Å²) in [5, 5.41) is 9.42. The monoisotopic (exact) mass is 207 g/mol. The van der Waals surface area contributed by atoms with E-state index in [4.69, 9.17) is 0 Å². The molecule has 78 valence electrons. The summed E-state index contributed by atoms with van der Waals surface area (Å²) in [6, 6.07) is 0. The maximum atomic E-state index is 11.1. The summed E-state index contributed by atoms with van der Waals surface area (Å²) in [5.74, 6) is 0.219. The van der Waals surface area contributed by atoms with E-state index < -0.39 is 10.0 Å². The van der Waals surface area contributed by atoms with Gasteiger partial charge < -0.3 is 5.11 Å². The second-order valence-corrected chi connectivity index (χ2v) is 5.61. The van der Waals surface area contributed by atoms with E-state index in [1.165, 1.54) is 0 Å². The van der Waals surface area contributed by atoms with Crippen molar-refractivity contribution in [2.75, 3.05) is 12.3 Å². The Bertz CT molecular complexity index is 250. The summed E-state index contributed by atoms with van der Waals surface area (Å²) in [4.78, 5) is 0. The number of hydrogen-bond acceptors (Lipinski definition) is 3. The third kappa shape index (κ3) is 3.25. The Labute approximate surface area is 79.4 Å². The molecule has 0 amide bonds. The van der Waals surface area contributed by atoms with Gasteiger partial charge in [0.1, 0.15) is 0 Å². The van der Waals surface area contributed by atoms with Crippen molar-refractivity contribution >= 4 is 10.0 Å². The first-order valence-corrected chi connectivity index (χ1v) is 6.36. The molecule has 0 aliphatic heterocycles. The highest BCUT2D eigenvalue weighted by molar-refractivity contribution is 7.89. The summed E-state index contributed by atoms with van der Waals surface area (Å²) in [5.41, 5.74) is 0. The fraction of sp³-hybridized carbons (Fsp3) is 1.00. The molecule has 1 aliphatic rings. The molecule has 0 aromatic carbocycles. The summed E-state index contributed by atoms with van der Waals surface area (Å²) < 4.78 is 24.6. The van der Waals surface area contributed by atoms with E-state index in [0.29, 0.717) is 6.54 Å². The molecule has 1 aliphatic carbocycles. The molecule has 0 aromatic rings. The molecule has 0 aromatic heterocycles. The summed E-state index contributed by atoms with van der Waals surface area (Å²) in [6.45, 7) is 1.99. The smallest absolute Gasteiger partial charge is 0.211 e. The molecule has 0 saturated heterocycles. The first kappa shape index (κ1) is 10.9. The molecular weight excluding hydrogens is 190 g/mol. The van der Waals surface area contributed by atoms with E-state index >= 15 is 0 Å². The fourth-order valence-electron chi connectivity index (χ4n) is 1.59. The normalized spacial score (nSPS) is 29.4. The van der Waals surface area contributed by atoms with Gasteiger partial charge in [-0.25, -0.2) is 13.1 Å². The fourth-order valence-corrected chi connectivity index (χ4v) is 2.26. The van der Waals surface area contributed by atoms with Crippen LogP contribution in [0.1, 0.15) is 26.2 Å². The Morgan fingerprint density at radius 2 is 2.15 bits per heavy atom. The Balaban J connectivity index is 2.34. The summed E-state index contributed by atoms with van der Waals surface area (Å²) >= 11 is 0. The van der Waals surface area contributed by atoms with Crippen LogP contribution in [0.4, 0.5) is 0 Å². The van der Waals surface area contributed by atoms with Crippen molar-refractivity contribution in [3.05, 3.63) is 0 Å². The van der Waals surface area contributed by atoms with Gasteiger partial charge in [0.05, 0.1) is 11.9 Å². The number of aliphatic hydroxyl groups excluding tert-OH is 1. The molecular formula is C8H17NO3S. The van der Waals surface area contributed by atoms with Crippen LogP contribution in [0.3, 0.4) is 0 Å². The van der Waals surface area contributed by atoms with E-state index in [1.54, 1.807) is 6.92 Å². The van der Waals surface area contributed by atoms with Crippen molar-refractivity contribution in [2.45, 2.75) is 32.3 Å². The average Bonchev–Trinajstić information content (AvgIpc) is 2.48. The minimum Gasteiger partial charge on any atom is -0.393 e. The lowest BCUT2D eigenvalue weighted by Crippen LogP contribution is -2.33. The molecule has 1 rings (SSSR count). The first-order chi connectivity index (χ1) is 6.05. The molecule has 13 heavy (non-hydrogen) atoms. The number of hydrogen-bond donors (Lipinski definition) is 2. The maximum Gasteiger partial charge on any atom is 0.211 e. The van der Waals surface area contributed by atoms with Crippen molar-refractivity contribution in [1.82, 2.24) is 4.72 Å². The molecule has 2 N–H and O–H groups in total. The van der Waals surface area contributed by atoms with Crippen LogP contribution < -0.4 is 4.72 Å². The number of nitrogens with one attached hydrogen (secondary N) is 1. The molecule has 0 heterocycles. The minimum absolute atomic E-state index is 0.107. The highest BCUT2D eigenvalue weighted by atomic mass is 32.2. The van der Waals surface area contributed by atoms with E-state index in [-0.39, 0.29) is 17.8 Å². The van der Waals surface area contributed by atoms with Crippen LogP contribution in [-0.4, -0.2) is 31.9 Å². The quantitative estimate of drug-likeness (QED) is 0.686. The standard InChI is InChI=1S/C8H17NO3S/c1-2-13(11,12)9-6-7-4-3-5-8(7)10/h7-10H,2-6H2,1H3. The zero-order chi connectivity index (χ0) is 9.90. The van der Waals surface area contributed by atoms with E-state index in [2.05, 4.69) is 4.72 Å². The Morgan fingerprint density at radius 3 is 2.62 bits per heavy atom. The van der Waals surface area contributed by atoms with Crippen LogP contribution in [0, 0.1) is 5.92 Å². The van der Waals surface area contributed by atoms with Gasteiger partial charge in [0.25, 0.3) is 0 Å².